The van der Waals surface area contributed by atoms with Gasteiger partial charge in [0.15, 0.2) is 0 Å². The van der Waals surface area contributed by atoms with Gasteiger partial charge in [0, 0.05) is 0 Å². The average molecular weight is 186 g/mol. The molecule has 1 aromatic heterocycles. The molecule has 0 saturated heterocycles. The SMILES string of the molecule is c1ccc2c(c1)Cc1cscc1C2. The van der Waals surface area contributed by atoms with Crippen LogP contribution in [0.2, 0.25) is 0 Å². The van der Waals surface area contributed by atoms with Crippen LogP contribution in [0, 0.1) is 0 Å². The van der Waals surface area contributed by atoms with Crippen molar-refractivity contribution in [2.75, 3.05) is 0 Å². The standard InChI is InChI=1S/C12H10S/c1-2-4-10-6-12-8-13-7-11(12)5-9(10)3-1/h1-4,7-8H,5-6H2. The highest BCUT2D eigenvalue weighted by Crippen LogP contribution is 2.28. The van der Waals surface area contributed by atoms with Crippen molar-refractivity contribution in [3.8, 4) is 0 Å². The van der Waals surface area contributed by atoms with E-state index in [1.54, 1.807) is 0 Å². The van der Waals surface area contributed by atoms with Crippen molar-refractivity contribution < 1.29 is 0 Å². The lowest BCUT2D eigenvalue weighted by molar-refractivity contribution is 1.02. The van der Waals surface area contributed by atoms with E-state index >= 15 is 0 Å². The van der Waals surface area contributed by atoms with E-state index in [1.165, 1.54) is 22.3 Å². The third-order valence-electron chi connectivity index (χ3n) is 2.71. The van der Waals surface area contributed by atoms with Crippen LogP contribution in [0.4, 0.5) is 0 Å². The predicted molar refractivity (Wildman–Crippen MR) is 56.4 cm³/mol. The third-order valence-corrected chi connectivity index (χ3v) is 3.55. The van der Waals surface area contributed by atoms with Gasteiger partial charge in [-0.25, -0.2) is 0 Å². The summed E-state index contributed by atoms with van der Waals surface area (Å²) in [5.41, 5.74) is 6.08. The fraction of sp³-hybridized carbons (Fsp3) is 0.167. The van der Waals surface area contributed by atoms with Crippen molar-refractivity contribution >= 4 is 11.3 Å². The fourth-order valence-electron chi connectivity index (χ4n) is 1.97. The first-order chi connectivity index (χ1) is 6.43. The minimum absolute atomic E-state index is 1.13. The van der Waals surface area contributed by atoms with Crippen molar-refractivity contribution in [3.05, 3.63) is 57.3 Å². The van der Waals surface area contributed by atoms with Gasteiger partial charge in [0.05, 0.1) is 0 Å². The van der Waals surface area contributed by atoms with E-state index in [4.69, 9.17) is 0 Å². The number of fused-ring (bicyclic) bond motifs is 2. The molecule has 1 heterocycles. The lowest BCUT2D eigenvalue weighted by Gasteiger charge is -2.15. The number of hydrogen-bond acceptors (Lipinski definition) is 1. The van der Waals surface area contributed by atoms with Crippen molar-refractivity contribution in [2.45, 2.75) is 12.8 Å². The minimum atomic E-state index is 1.13. The van der Waals surface area contributed by atoms with E-state index in [1.807, 2.05) is 11.3 Å². The summed E-state index contributed by atoms with van der Waals surface area (Å²) < 4.78 is 0. The molecule has 64 valence electrons. The van der Waals surface area contributed by atoms with Gasteiger partial charge in [0.25, 0.3) is 0 Å². The normalized spacial score (nSPS) is 13.5. The van der Waals surface area contributed by atoms with Gasteiger partial charge in [0.2, 0.25) is 0 Å². The average Bonchev–Trinajstić information content (AvgIpc) is 2.61. The second-order valence-corrected chi connectivity index (χ2v) is 4.29. The molecule has 0 spiro atoms. The topological polar surface area (TPSA) is 0 Å². The van der Waals surface area contributed by atoms with Gasteiger partial charge in [-0.1, -0.05) is 24.3 Å². The number of hydrogen-bond donors (Lipinski definition) is 0. The highest BCUT2D eigenvalue weighted by molar-refractivity contribution is 7.08. The summed E-state index contributed by atoms with van der Waals surface area (Å²) in [4.78, 5) is 0. The molecule has 0 bridgehead atoms. The second kappa shape index (κ2) is 2.71. The maximum absolute atomic E-state index is 2.28. The quantitative estimate of drug-likeness (QED) is 0.505. The van der Waals surface area contributed by atoms with Gasteiger partial charge < -0.3 is 0 Å². The molecule has 0 N–H and O–H groups in total. The zero-order valence-electron chi connectivity index (χ0n) is 7.29. The molecule has 1 aliphatic carbocycles. The number of rotatable bonds is 0. The summed E-state index contributed by atoms with van der Waals surface area (Å²) in [6, 6.07) is 8.76. The molecule has 0 radical (unpaired) electrons. The number of thiophene rings is 1. The zero-order chi connectivity index (χ0) is 8.67. The molecular weight excluding hydrogens is 176 g/mol. The Hall–Kier alpha value is -1.08. The van der Waals surface area contributed by atoms with Gasteiger partial charge in [-0.3, -0.25) is 0 Å². The van der Waals surface area contributed by atoms with Crippen LogP contribution in [0.15, 0.2) is 35.0 Å². The molecule has 0 atom stereocenters. The molecule has 13 heavy (non-hydrogen) atoms. The van der Waals surface area contributed by atoms with Crippen LogP contribution in [0.1, 0.15) is 22.3 Å². The van der Waals surface area contributed by atoms with Crippen LogP contribution >= 0.6 is 11.3 Å². The fourth-order valence-corrected chi connectivity index (χ4v) is 2.84. The largest absolute Gasteiger partial charge is 0.152 e. The molecule has 3 rings (SSSR count). The summed E-state index contributed by atoms with van der Waals surface area (Å²) in [7, 11) is 0. The molecule has 2 aromatic rings. The molecule has 1 heteroatoms. The molecule has 1 aromatic carbocycles. The Morgan fingerprint density at radius 1 is 0.769 bits per heavy atom. The van der Waals surface area contributed by atoms with E-state index in [0.29, 0.717) is 0 Å². The Balaban J connectivity index is 2.14. The maximum Gasteiger partial charge on any atom is -0.00118 e. The van der Waals surface area contributed by atoms with Gasteiger partial charge in [-0.2, -0.15) is 11.3 Å². The van der Waals surface area contributed by atoms with Gasteiger partial charge in [-0.05, 0) is 45.9 Å². The Labute approximate surface area is 81.9 Å². The molecule has 0 unspecified atom stereocenters. The Morgan fingerprint density at radius 3 is 1.85 bits per heavy atom. The number of benzene rings is 1. The molecule has 1 aliphatic rings. The zero-order valence-corrected chi connectivity index (χ0v) is 8.10. The highest BCUT2D eigenvalue weighted by Gasteiger charge is 2.14. The summed E-state index contributed by atoms with van der Waals surface area (Å²) in [6.07, 6.45) is 2.27. The highest BCUT2D eigenvalue weighted by atomic mass is 32.1. The van der Waals surface area contributed by atoms with Crippen LogP contribution in [0.25, 0.3) is 0 Å². The smallest absolute Gasteiger partial charge is 0.00118 e. The van der Waals surface area contributed by atoms with Gasteiger partial charge in [-0.15, -0.1) is 0 Å². The summed E-state index contributed by atoms with van der Waals surface area (Å²) in [5.74, 6) is 0. The summed E-state index contributed by atoms with van der Waals surface area (Å²) >= 11 is 1.83. The molecule has 0 aliphatic heterocycles. The van der Waals surface area contributed by atoms with Crippen LogP contribution in [0.3, 0.4) is 0 Å². The molecule has 0 saturated carbocycles. The van der Waals surface area contributed by atoms with E-state index in [-0.39, 0.29) is 0 Å². The lowest BCUT2D eigenvalue weighted by Crippen LogP contribution is -2.04. The molecule has 0 amide bonds. The van der Waals surface area contributed by atoms with Crippen molar-refractivity contribution in [1.82, 2.24) is 0 Å². The summed E-state index contributed by atoms with van der Waals surface area (Å²) in [6.45, 7) is 0. The Bertz CT molecular complexity index is 400. The second-order valence-electron chi connectivity index (χ2n) is 3.54. The van der Waals surface area contributed by atoms with Crippen LogP contribution in [0.5, 0.6) is 0 Å². The molecular formula is C12H10S. The third kappa shape index (κ3) is 1.11. The maximum atomic E-state index is 2.28. The molecule has 0 nitrogen and oxygen atoms in total. The van der Waals surface area contributed by atoms with E-state index < -0.39 is 0 Å². The monoisotopic (exact) mass is 186 g/mol. The Kier molecular flexibility index (Phi) is 1.53. The first-order valence-electron chi connectivity index (χ1n) is 4.54. The van der Waals surface area contributed by atoms with Crippen molar-refractivity contribution in [2.24, 2.45) is 0 Å². The van der Waals surface area contributed by atoms with Gasteiger partial charge in [0.1, 0.15) is 0 Å². The molecule has 0 fully saturated rings. The minimum Gasteiger partial charge on any atom is -0.152 e. The first kappa shape index (κ1) is 7.34. The lowest BCUT2D eigenvalue weighted by atomic mass is 9.89. The van der Waals surface area contributed by atoms with Crippen LogP contribution < -0.4 is 0 Å². The summed E-state index contributed by atoms with van der Waals surface area (Å²) in [5, 5.41) is 4.57. The Morgan fingerprint density at radius 2 is 1.31 bits per heavy atom. The van der Waals surface area contributed by atoms with Crippen molar-refractivity contribution in [3.63, 3.8) is 0 Å². The van der Waals surface area contributed by atoms with Gasteiger partial charge >= 0.3 is 0 Å². The van der Waals surface area contributed by atoms with E-state index in [0.717, 1.165) is 12.8 Å². The van der Waals surface area contributed by atoms with Crippen LogP contribution in [-0.4, -0.2) is 0 Å². The predicted octanol–water partition coefficient (Wildman–Crippen LogP) is 3.24. The van der Waals surface area contributed by atoms with E-state index in [2.05, 4.69) is 35.0 Å². The first-order valence-corrected chi connectivity index (χ1v) is 5.48. The van der Waals surface area contributed by atoms with Crippen molar-refractivity contribution in [1.29, 1.82) is 0 Å². The van der Waals surface area contributed by atoms with E-state index in [9.17, 15) is 0 Å². The van der Waals surface area contributed by atoms with Crippen LogP contribution in [-0.2, 0) is 12.8 Å².